The number of ether oxygens (including phenoxy) is 1. The lowest BCUT2D eigenvalue weighted by Gasteiger charge is -2.17. The highest BCUT2D eigenvalue weighted by Crippen LogP contribution is 2.30. The lowest BCUT2D eigenvalue weighted by molar-refractivity contribution is -0.129. The maximum absolute atomic E-state index is 11.5. The summed E-state index contributed by atoms with van der Waals surface area (Å²) < 4.78 is 5.70. The van der Waals surface area contributed by atoms with Crippen molar-refractivity contribution in [3.63, 3.8) is 0 Å². The van der Waals surface area contributed by atoms with Crippen molar-refractivity contribution in [2.45, 2.75) is 58.7 Å². The summed E-state index contributed by atoms with van der Waals surface area (Å²) in [5, 5.41) is 0. The second-order valence-corrected chi connectivity index (χ2v) is 4.48. The van der Waals surface area contributed by atoms with Crippen molar-refractivity contribution in [1.82, 2.24) is 0 Å². The van der Waals surface area contributed by atoms with Crippen LogP contribution in [0.25, 0.3) is 0 Å². The molecule has 0 radical (unpaired) electrons. The standard InChI is InChI=1S/C12H20O2/c1-5-6-7-9(2)10-8-11(13)12(3,4)14-10/h7,10H,5-6,8H2,1-4H3/b9-7+/t10-/m0/s1. The first-order valence-electron chi connectivity index (χ1n) is 5.35. The van der Waals surface area contributed by atoms with Crippen LogP contribution in [-0.4, -0.2) is 17.5 Å². The molecule has 0 saturated carbocycles. The molecule has 1 aliphatic heterocycles. The largest absolute Gasteiger partial charge is 0.360 e. The van der Waals surface area contributed by atoms with Gasteiger partial charge < -0.3 is 4.74 Å². The maximum Gasteiger partial charge on any atom is 0.167 e. The van der Waals surface area contributed by atoms with Gasteiger partial charge in [-0.1, -0.05) is 19.4 Å². The lowest BCUT2D eigenvalue weighted by atomic mass is 10.0. The minimum atomic E-state index is -0.577. The molecule has 0 aromatic heterocycles. The summed E-state index contributed by atoms with van der Waals surface area (Å²) in [7, 11) is 0. The van der Waals surface area contributed by atoms with Crippen molar-refractivity contribution in [2.24, 2.45) is 0 Å². The van der Waals surface area contributed by atoms with E-state index in [0.717, 1.165) is 12.8 Å². The van der Waals surface area contributed by atoms with E-state index >= 15 is 0 Å². The third-order valence-corrected chi connectivity index (χ3v) is 2.74. The summed E-state index contributed by atoms with van der Waals surface area (Å²) in [6.45, 7) is 7.90. The fraction of sp³-hybridized carbons (Fsp3) is 0.750. The van der Waals surface area contributed by atoms with Gasteiger partial charge in [0, 0.05) is 6.42 Å². The van der Waals surface area contributed by atoms with Gasteiger partial charge in [0.15, 0.2) is 5.78 Å². The molecule has 1 fully saturated rings. The molecule has 14 heavy (non-hydrogen) atoms. The van der Waals surface area contributed by atoms with Crippen LogP contribution in [-0.2, 0) is 9.53 Å². The second kappa shape index (κ2) is 4.26. The third-order valence-electron chi connectivity index (χ3n) is 2.74. The number of Topliss-reactive ketones (excluding diaryl/α,β-unsaturated/α-hetero) is 1. The van der Waals surface area contributed by atoms with Crippen LogP contribution in [0.1, 0.15) is 47.0 Å². The maximum atomic E-state index is 11.5. The van der Waals surface area contributed by atoms with E-state index in [9.17, 15) is 4.79 Å². The second-order valence-electron chi connectivity index (χ2n) is 4.48. The van der Waals surface area contributed by atoms with Gasteiger partial charge in [-0.2, -0.15) is 0 Å². The minimum Gasteiger partial charge on any atom is -0.360 e. The summed E-state index contributed by atoms with van der Waals surface area (Å²) in [6, 6.07) is 0. The SMILES string of the molecule is CCC/C=C(\C)[C@@H]1CC(=O)C(C)(C)O1. The Morgan fingerprint density at radius 3 is 2.71 bits per heavy atom. The van der Waals surface area contributed by atoms with Gasteiger partial charge in [0.25, 0.3) is 0 Å². The Hall–Kier alpha value is -0.630. The summed E-state index contributed by atoms with van der Waals surface area (Å²) in [5.74, 6) is 0.215. The van der Waals surface area contributed by atoms with Gasteiger partial charge in [-0.3, -0.25) is 4.79 Å². The van der Waals surface area contributed by atoms with Crippen molar-refractivity contribution in [3.05, 3.63) is 11.6 Å². The summed E-state index contributed by atoms with van der Waals surface area (Å²) in [4.78, 5) is 11.5. The fourth-order valence-corrected chi connectivity index (χ4v) is 1.63. The van der Waals surface area contributed by atoms with Crippen LogP contribution >= 0.6 is 0 Å². The van der Waals surface area contributed by atoms with E-state index in [-0.39, 0.29) is 11.9 Å². The van der Waals surface area contributed by atoms with Crippen molar-refractivity contribution in [2.75, 3.05) is 0 Å². The Bertz CT molecular complexity index is 251. The fourth-order valence-electron chi connectivity index (χ4n) is 1.63. The van der Waals surface area contributed by atoms with Gasteiger partial charge in [-0.15, -0.1) is 0 Å². The zero-order valence-corrected chi connectivity index (χ0v) is 9.59. The van der Waals surface area contributed by atoms with Gasteiger partial charge in [0.2, 0.25) is 0 Å². The highest BCUT2D eigenvalue weighted by atomic mass is 16.5. The van der Waals surface area contributed by atoms with Gasteiger partial charge in [-0.25, -0.2) is 0 Å². The molecule has 80 valence electrons. The van der Waals surface area contributed by atoms with Crippen molar-refractivity contribution in [1.29, 1.82) is 0 Å². The molecule has 0 unspecified atom stereocenters. The van der Waals surface area contributed by atoms with E-state index < -0.39 is 5.60 Å². The highest BCUT2D eigenvalue weighted by Gasteiger charge is 2.40. The number of carbonyl (C=O) groups excluding carboxylic acids is 1. The molecule has 0 aliphatic carbocycles. The molecule has 0 bridgehead atoms. The van der Waals surface area contributed by atoms with E-state index in [0.29, 0.717) is 6.42 Å². The zero-order valence-electron chi connectivity index (χ0n) is 9.59. The molecule has 1 aliphatic rings. The first kappa shape index (κ1) is 11.4. The summed E-state index contributed by atoms with van der Waals surface area (Å²) in [5.41, 5.74) is 0.622. The molecule has 0 amide bonds. The van der Waals surface area contributed by atoms with Crippen LogP contribution in [0.3, 0.4) is 0 Å². The van der Waals surface area contributed by atoms with Crippen LogP contribution in [0.5, 0.6) is 0 Å². The number of ketones is 1. The smallest absolute Gasteiger partial charge is 0.167 e. The van der Waals surface area contributed by atoms with E-state index in [1.165, 1.54) is 5.57 Å². The molecule has 0 aromatic rings. The average molecular weight is 196 g/mol. The number of carbonyl (C=O) groups is 1. The van der Waals surface area contributed by atoms with Crippen molar-refractivity contribution < 1.29 is 9.53 Å². The number of hydrogen-bond acceptors (Lipinski definition) is 2. The molecule has 0 spiro atoms. The first-order chi connectivity index (χ1) is 6.47. The van der Waals surface area contributed by atoms with E-state index in [4.69, 9.17) is 4.74 Å². The van der Waals surface area contributed by atoms with Gasteiger partial charge >= 0.3 is 0 Å². The predicted octanol–water partition coefficient (Wildman–Crippen LogP) is 2.87. The quantitative estimate of drug-likeness (QED) is 0.649. The number of unbranched alkanes of at least 4 members (excludes halogenated alkanes) is 1. The molecule has 1 saturated heterocycles. The molecule has 2 nitrogen and oxygen atoms in total. The average Bonchev–Trinajstić information content (AvgIpc) is 2.37. The lowest BCUT2D eigenvalue weighted by Crippen LogP contribution is -2.27. The van der Waals surface area contributed by atoms with Gasteiger partial charge in [0.1, 0.15) is 5.60 Å². The Labute approximate surface area is 86.3 Å². The Morgan fingerprint density at radius 2 is 2.29 bits per heavy atom. The van der Waals surface area contributed by atoms with Crippen LogP contribution in [0.4, 0.5) is 0 Å². The Kier molecular flexibility index (Phi) is 3.48. The monoisotopic (exact) mass is 196 g/mol. The zero-order chi connectivity index (χ0) is 10.8. The molecule has 0 N–H and O–H groups in total. The van der Waals surface area contributed by atoms with Crippen molar-refractivity contribution in [3.8, 4) is 0 Å². The molecule has 1 atom stereocenters. The third kappa shape index (κ3) is 2.44. The predicted molar refractivity (Wildman–Crippen MR) is 57.2 cm³/mol. The van der Waals surface area contributed by atoms with E-state index in [1.54, 1.807) is 0 Å². The molecular weight excluding hydrogens is 176 g/mol. The Morgan fingerprint density at radius 1 is 1.64 bits per heavy atom. The van der Waals surface area contributed by atoms with Crippen LogP contribution in [0, 0.1) is 0 Å². The first-order valence-corrected chi connectivity index (χ1v) is 5.35. The number of allylic oxidation sites excluding steroid dienone is 1. The normalized spacial score (nSPS) is 27.0. The van der Waals surface area contributed by atoms with Crippen LogP contribution in [0.15, 0.2) is 11.6 Å². The molecule has 2 heteroatoms. The van der Waals surface area contributed by atoms with E-state index in [2.05, 4.69) is 19.9 Å². The molecule has 0 aromatic carbocycles. The summed E-state index contributed by atoms with van der Waals surface area (Å²) in [6.07, 6.45) is 4.95. The van der Waals surface area contributed by atoms with E-state index in [1.807, 2.05) is 13.8 Å². The van der Waals surface area contributed by atoms with Crippen LogP contribution in [0.2, 0.25) is 0 Å². The summed E-state index contributed by atoms with van der Waals surface area (Å²) >= 11 is 0. The van der Waals surface area contributed by atoms with Gasteiger partial charge in [0.05, 0.1) is 6.10 Å². The van der Waals surface area contributed by atoms with Gasteiger partial charge in [-0.05, 0) is 32.8 Å². The number of hydrogen-bond donors (Lipinski definition) is 0. The highest BCUT2D eigenvalue weighted by molar-refractivity contribution is 5.89. The molecule has 1 rings (SSSR count). The van der Waals surface area contributed by atoms with Crippen LogP contribution < -0.4 is 0 Å². The molecular formula is C12H20O2. The minimum absolute atomic E-state index is 0.0176. The topological polar surface area (TPSA) is 26.3 Å². The number of rotatable bonds is 3. The molecule has 1 heterocycles. The Balaban J connectivity index is 2.61. The van der Waals surface area contributed by atoms with Crippen molar-refractivity contribution >= 4 is 5.78 Å².